The molecule has 0 aromatic carbocycles. The van der Waals surface area contributed by atoms with Gasteiger partial charge in [-0.15, -0.1) is 0 Å². The van der Waals surface area contributed by atoms with Crippen molar-refractivity contribution < 1.29 is 18.3 Å². The molecule has 0 radical (unpaired) electrons. The zero-order chi connectivity index (χ0) is 15.3. The number of hydrogen-bond donors (Lipinski definition) is 1. The van der Waals surface area contributed by atoms with Gasteiger partial charge in [0.2, 0.25) is 6.29 Å². The molecular weight excluding hydrogens is 276 g/mol. The number of alkyl halides is 2. The van der Waals surface area contributed by atoms with Crippen LogP contribution in [0.4, 0.5) is 8.78 Å². The number of azide groups is 2. The molecule has 1 heterocycles. The Bertz CT molecular complexity index is 469. The zero-order valence-electron chi connectivity index (χ0n) is 10.8. The van der Waals surface area contributed by atoms with Gasteiger partial charge in [0.1, 0.15) is 12.1 Å². The Hall–Kier alpha value is -2.09. The van der Waals surface area contributed by atoms with Gasteiger partial charge in [0.05, 0.1) is 6.54 Å². The SMILES string of the molecule is CC(=N)OC1OC(CN=[N+]=[N-])C(F)(F)C(C)C1N=[N+]=[N-]. The molecule has 1 aliphatic heterocycles. The third-order valence-corrected chi connectivity index (χ3v) is 2.91. The molecular formula is C9H13F2N7O2. The fraction of sp³-hybridized carbons (Fsp3) is 0.889. The van der Waals surface area contributed by atoms with Gasteiger partial charge in [0, 0.05) is 22.7 Å². The van der Waals surface area contributed by atoms with E-state index in [9.17, 15) is 8.78 Å². The van der Waals surface area contributed by atoms with E-state index in [4.69, 9.17) is 25.9 Å². The average Bonchev–Trinajstić information content (AvgIpc) is 2.36. The molecule has 1 rings (SSSR count). The summed E-state index contributed by atoms with van der Waals surface area (Å²) in [4.78, 5) is 4.91. The molecule has 0 aliphatic carbocycles. The minimum Gasteiger partial charge on any atom is -0.452 e. The van der Waals surface area contributed by atoms with Gasteiger partial charge >= 0.3 is 0 Å². The molecule has 0 spiro atoms. The first-order valence-electron chi connectivity index (χ1n) is 5.64. The lowest BCUT2D eigenvalue weighted by Crippen LogP contribution is -2.58. The average molecular weight is 289 g/mol. The standard InChI is InChI=1S/C9H13F2N7O2/c1-4-7(16-18-14)8(19-5(2)12)20-6(3-15-17-13)9(4,10)11/h4,6-8,12H,3H2,1-2H3. The van der Waals surface area contributed by atoms with Crippen LogP contribution in [0.2, 0.25) is 0 Å². The second kappa shape index (κ2) is 6.38. The van der Waals surface area contributed by atoms with E-state index < -0.39 is 36.8 Å². The second-order valence-electron chi connectivity index (χ2n) is 4.24. The quantitative estimate of drug-likeness (QED) is 0.279. The molecule has 110 valence electrons. The maximum atomic E-state index is 14.1. The lowest BCUT2D eigenvalue weighted by molar-refractivity contribution is -0.273. The van der Waals surface area contributed by atoms with E-state index in [2.05, 4.69) is 20.1 Å². The van der Waals surface area contributed by atoms with Crippen LogP contribution < -0.4 is 0 Å². The summed E-state index contributed by atoms with van der Waals surface area (Å²) in [6, 6.07) is -1.29. The molecule has 1 saturated heterocycles. The molecule has 0 amide bonds. The molecule has 20 heavy (non-hydrogen) atoms. The summed E-state index contributed by atoms with van der Waals surface area (Å²) in [5.41, 5.74) is 16.7. The summed E-state index contributed by atoms with van der Waals surface area (Å²) in [6.07, 6.45) is -3.03. The molecule has 4 atom stereocenters. The highest BCUT2D eigenvalue weighted by Crippen LogP contribution is 2.41. The minimum atomic E-state index is -3.36. The van der Waals surface area contributed by atoms with E-state index in [1.807, 2.05) is 0 Å². The summed E-state index contributed by atoms with van der Waals surface area (Å²) < 4.78 is 38.1. The van der Waals surface area contributed by atoms with Crippen LogP contribution in [0.15, 0.2) is 10.2 Å². The molecule has 9 nitrogen and oxygen atoms in total. The topological polar surface area (TPSA) is 140 Å². The summed E-state index contributed by atoms with van der Waals surface area (Å²) in [5.74, 6) is -5.02. The Morgan fingerprint density at radius 1 is 1.45 bits per heavy atom. The van der Waals surface area contributed by atoms with Gasteiger partial charge in [0.15, 0.2) is 5.90 Å². The fourth-order valence-electron chi connectivity index (χ4n) is 1.85. The Labute approximate surface area is 112 Å². The van der Waals surface area contributed by atoms with Crippen molar-refractivity contribution >= 4 is 5.90 Å². The van der Waals surface area contributed by atoms with Crippen molar-refractivity contribution in [3.05, 3.63) is 20.9 Å². The van der Waals surface area contributed by atoms with Crippen molar-refractivity contribution in [1.82, 2.24) is 0 Å². The molecule has 0 aromatic heterocycles. The van der Waals surface area contributed by atoms with Gasteiger partial charge in [-0.3, -0.25) is 5.41 Å². The van der Waals surface area contributed by atoms with Crippen LogP contribution in [0.25, 0.3) is 20.9 Å². The summed E-state index contributed by atoms with van der Waals surface area (Å²) in [5, 5.41) is 13.5. The van der Waals surface area contributed by atoms with Crippen LogP contribution in [0.1, 0.15) is 13.8 Å². The molecule has 0 aromatic rings. The molecule has 11 heteroatoms. The normalized spacial score (nSPS) is 31.6. The van der Waals surface area contributed by atoms with Crippen LogP contribution in [0.5, 0.6) is 0 Å². The number of halogens is 2. The second-order valence-corrected chi connectivity index (χ2v) is 4.24. The Morgan fingerprint density at radius 3 is 2.60 bits per heavy atom. The number of nitrogens with one attached hydrogen (secondary N) is 1. The van der Waals surface area contributed by atoms with Gasteiger partial charge in [-0.05, 0) is 11.1 Å². The van der Waals surface area contributed by atoms with Crippen LogP contribution in [-0.2, 0) is 9.47 Å². The first-order chi connectivity index (χ1) is 9.34. The van der Waals surface area contributed by atoms with E-state index in [0.29, 0.717) is 0 Å². The first kappa shape index (κ1) is 16.0. The molecule has 1 fully saturated rings. The van der Waals surface area contributed by atoms with E-state index in [-0.39, 0.29) is 5.90 Å². The van der Waals surface area contributed by atoms with Gasteiger partial charge in [0.25, 0.3) is 5.92 Å². The predicted octanol–water partition coefficient (Wildman–Crippen LogP) is 2.99. The van der Waals surface area contributed by atoms with Crippen LogP contribution in [0, 0.1) is 11.3 Å². The Kier molecular flexibility index (Phi) is 5.09. The van der Waals surface area contributed by atoms with Gasteiger partial charge < -0.3 is 9.47 Å². The molecule has 4 unspecified atom stereocenters. The summed E-state index contributed by atoms with van der Waals surface area (Å²) in [7, 11) is 0. The van der Waals surface area contributed by atoms with Crippen molar-refractivity contribution in [2.75, 3.05) is 6.54 Å². The van der Waals surface area contributed by atoms with Crippen LogP contribution in [-0.4, -0.2) is 36.8 Å². The van der Waals surface area contributed by atoms with Crippen molar-refractivity contribution in [2.24, 2.45) is 16.1 Å². The summed E-state index contributed by atoms with van der Waals surface area (Å²) in [6.45, 7) is 1.88. The van der Waals surface area contributed by atoms with Crippen molar-refractivity contribution in [1.29, 1.82) is 5.41 Å². The molecule has 1 N–H and O–H groups in total. The number of hydrogen-bond acceptors (Lipinski definition) is 5. The van der Waals surface area contributed by atoms with E-state index in [1.54, 1.807) is 0 Å². The van der Waals surface area contributed by atoms with Crippen LogP contribution in [0.3, 0.4) is 0 Å². The lowest BCUT2D eigenvalue weighted by Gasteiger charge is -2.43. The monoisotopic (exact) mass is 289 g/mol. The maximum absolute atomic E-state index is 14.1. The molecule has 0 bridgehead atoms. The third-order valence-electron chi connectivity index (χ3n) is 2.91. The number of rotatable bonds is 4. The number of nitrogens with zero attached hydrogens (tertiary/aromatic N) is 6. The first-order valence-corrected chi connectivity index (χ1v) is 5.64. The molecule has 1 aliphatic rings. The zero-order valence-corrected chi connectivity index (χ0v) is 10.8. The Morgan fingerprint density at radius 2 is 2.10 bits per heavy atom. The van der Waals surface area contributed by atoms with Gasteiger partial charge in [-0.2, -0.15) is 0 Å². The van der Waals surface area contributed by atoms with Gasteiger partial charge in [-0.1, -0.05) is 17.2 Å². The highest BCUT2D eigenvalue weighted by atomic mass is 19.3. The largest absolute Gasteiger partial charge is 0.452 e. The smallest absolute Gasteiger partial charge is 0.277 e. The minimum absolute atomic E-state index is 0.270. The van der Waals surface area contributed by atoms with E-state index >= 15 is 0 Å². The predicted molar refractivity (Wildman–Crippen MR) is 64.2 cm³/mol. The van der Waals surface area contributed by atoms with E-state index in [1.165, 1.54) is 13.8 Å². The Balaban J connectivity index is 3.07. The van der Waals surface area contributed by atoms with Crippen LogP contribution >= 0.6 is 0 Å². The highest BCUT2D eigenvalue weighted by molar-refractivity contribution is 5.69. The fourth-order valence-corrected chi connectivity index (χ4v) is 1.85. The van der Waals surface area contributed by atoms with E-state index in [0.717, 1.165) is 0 Å². The number of ether oxygens (including phenoxy) is 2. The third kappa shape index (κ3) is 3.27. The maximum Gasteiger partial charge on any atom is 0.277 e. The van der Waals surface area contributed by atoms with Crippen molar-refractivity contribution in [2.45, 2.75) is 38.2 Å². The highest BCUT2D eigenvalue weighted by Gasteiger charge is 2.56. The lowest BCUT2D eigenvalue weighted by atomic mass is 9.88. The van der Waals surface area contributed by atoms with Crippen molar-refractivity contribution in [3.63, 3.8) is 0 Å². The summed E-state index contributed by atoms with van der Waals surface area (Å²) >= 11 is 0. The van der Waals surface area contributed by atoms with Gasteiger partial charge in [-0.25, -0.2) is 8.78 Å². The molecule has 0 saturated carbocycles. The van der Waals surface area contributed by atoms with Crippen molar-refractivity contribution in [3.8, 4) is 0 Å².